The number of fused-ring (bicyclic) bond motifs is 1. The lowest BCUT2D eigenvalue weighted by Crippen LogP contribution is -2.05. The Morgan fingerprint density at radius 3 is 2.57 bits per heavy atom. The average Bonchev–Trinajstić information content (AvgIpc) is 3.22. The van der Waals surface area contributed by atoms with Crippen molar-refractivity contribution in [2.24, 2.45) is 4.99 Å². The van der Waals surface area contributed by atoms with Crippen LogP contribution < -0.4 is 9.47 Å². The number of aliphatic imine (C=N–C) groups is 1. The number of carbonyl (C=O) groups is 1. The first-order valence-electron chi connectivity index (χ1n) is 10.8. The van der Waals surface area contributed by atoms with Gasteiger partial charge in [0, 0.05) is 10.6 Å². The quantitative estimate of drug-likeness (QED) is 0.208. The van der Waals surface area contributed by atoms with Gasteiger partial charge >= 0.3 is 5.97 Å². The zero-order valence-corrected chi connectivity index (χ0v) is 20.1. The molecule has 0 saturated carbocycles. The summed E-state index contributed by atoms with van der Waals surface area (Å²) in [6, 6.07) is 24.5. The van der Waals surface area contributed by atoms with Crippen molar-refractivity contribution < 1.29 is 19.0 Å². The summed E-state index contributed by atoms with van der Waals surface area (Å²) >= 11 is 12.5. The van der Waals surface area contributed by atoms with Crippen LogP contribution in [0.15, 0.2) is 89.6 Å². The zero-order chi connectivity index (χ0) is 24.4. The van der Waals surface area contributed by atoms with E-state index >= 15 is 0 Å². The van der Waals surface area contributed by atoms with Crippen molar-refractivity contribution >= 4 is 51.9 Å². The second-order valence-electron chi connectivity index (χ2n) is 7.85. The maximum Gasteiger partial charge on any atom is 0.363 e. The summed E-state index contributed by atoms with van der Waals surface area (Å²) < 4.78 is 16.8. The minimum absolute atomic E-state index is 0.166. The molecule has 7 heteroatoms. The minimum atomic E-state index is -0.537. The summed E-state index contributed by atoms with van der Waals surface area (Å²) in [7, 11) is 1.52. The lowest BCUT2D eigenvalue weighted by Gasteiger charge is -2.13. The number of nitrogens with zero attached hydrogens (tertiary/aromatic N) is 1. The van der Waals surface area contributed by atoms with Crippen LogP contribution in [0.3, 0.4) is 0 Å². The molecule has 1 aliphatic rings. The lowest BCUT2D eigenvalue weighted by atomic mass is 10.1. The van der Waals surface area contributed by atoms with Crippen molar-refractivity contribution in [3.8, 4) is 11.5 Å². The molecule has 0 atom stereocenters. The second-order valence-corrected chi connectivity index (χ2v) is 8.69. The van der Waals surface area contributed by atoms with E-state index in [2.05, 4.69) is 4.99 Å². The number of halogens is 2. The highest BCUT2D eigenvalue weighted by Gasteiger charge is 2.25. The van der Waals surface area contributed by atoms with E-state index in [9.17, 15) is 4.79 Å². The Hall–Kier alpha value is -3.80. The Labute approximate surface area is 212 Å². The molecule has 35 heavy (non-hydrogen) atoms. The SMILES string of the molecule is COc1cc(/C=C2\N=C(c3ccc4ccccc4c3)OC2=O)cc(Cl)c1OCc1cccc(Cl)c1. The van der Waals surface area contributed by atoms with Crippen LogP contribution in [-0.2, 0) is 16.1 Å². The van der Waals surface area contributed by atoms with Gasteiger partial charge in [0.15, 0.2) is 17.2 Å². The molecule has 0 saturated heterocycles. The van der Waals surface area contributed by atoms with Crippen LogP contribution in [0.1, 0.15) is 16.7 Å². The molecule has 0 bridgehead atoms. The van der Waals surface area contributed by atoms with Crippen LogP contribution in [0.5, 0.6) is 11.5 Å². The first-order chi connectivity index (χ1) is 17.0. The smallest absolute Gasteiger partial charge is 0.363 e. The third-order valence-corrected chi connectivity index (χ3v) is 5.96. The molecule has 0 N–H and O–H groups in total. The van der Waals surface area contributed by atoms with Crippen molar-refractivity contribution in [3.05, 3.63) is 111 Å². The molecule has 1 aliphatic heterocycles. The topological polar surface area (TPSA) is 57.1 Å². The van der Waals surface area contributed by atoms with Gasteiger partial charge in [0.2, 0.25) is 5.90 Å². The van der Waals surface area contributed by atoms with E-state index in [1.54, 1.807) is 24.3 Å². The number of benzene rings is 4. The predicted octanol–water partition coefficient (Wildman–Crippen LogP) is 7.08. The van der Waals surface area contributed by atoms with Gasteiger partial charge in [0.1, 0.15) is 6.61 Å². The van der Waals surface area contributed by atoms with Crippen molar-refractivity contribution in [3.63, 3.8) is 0 Å². The third-order valence-electron chi connectivity index (χ3n) is 5.44. The largest absolute Gasteiger partial charge is 0.493 e. The molecule has 5 nitrogen and oxygen atoms in total. The zero-order valence-electron chi connectivity index (χ0n) is 18.6. The number of esters is 1. The Morgan fingerprint density at radius 2 is 1.77 bits per heavy atom. The number of carbonyl (C=O) groups excluding carboxylic acids is 1. The fraction of sp³-hybridized carbons (Fsp3) is 0.0714. The number of methoxy groups -OCH3 is 1. The molecular formula is C28H19Cl2NO4. The van der Waals surface area contributed by atoms with Gasteiger partial charge < -0.3 is 14.2 Å². The average molecular weight is 504 g/mol. The molecule has 174 valence electrons. The van der Waals surface area contributed by atoms with Gasteiger partial charge in [-0.2, -0.15) is 0 Å². The van der Waals surface area contributed by atoms with Gasteiger partial charge in [0.05, 0.1) is 12.1 Å². The first kappa shape index (κ1) is 23.0. The van der Waals surface area contributed by atoms with E-state index in [1.807, 2.05) is 60.7 Å². The predicted molar refractivity (Wildman–Crippen MR) is 138 cm³/mol. The normalized spacial score (nSPS) is 14.2. The van der Waals surface area contributed by atoms with Gasteiger partial charge in [-0.3, -0.25) is 0 Å². The molecule has 0 fully saturated rings. The van der Waals surface area contributed by atoms with Gasteiger partial charge in [0.25, 0.3) is 0 Å². The summed E-state index contributed by atoms with van der Waals surface area (Å²) in [5, 5.41) is 3.09. The summed E-state index contributed by atoms with van der Waals surface area (Å²) in [6.07, 6.45) is 1.60. The van der Waals surface area contributed by atoms with Crippen LogP contribution in [0, 0.1) is 0 Å². The Balaban J connectivity index is 1.41. The highest BCUT2D eigenvalue weighted by Crippen LogP contribution is 2.38. The van der Waals surface area contributed by atoms with Crippen molar-refractivity contribution in [2.45, 2.75) is 6.61 Å². The van der Waals surface area contributed by atoms with Gasteiger partial charge in [-0.05, 0) is 64.4 Å². The molecule has 0 spiro atoms. The van der Waals surface area contributed by atoms with Crippen LogP contribution in [0.4, 0.5) is 0 Å². The second kappa shape index (κ2) is 9.82. The molecule has 5 rings (SSSR count). The summed E-state index contributed by atoms with van der Waals surface area (Å²) in [4.78, 5) is 16.9. The van der Waals surface area contributed by atoms with Gasteiger partial charge in [-0.15, -0.1) is 0 Å². The number of hydrogen-bond donors (Lipinski definition) is 0. The summed E-state index contributed by atoms with van der Waals surface area (Å²) in [6.45, 7) is 0.267. The van der Waals surface area contributed by atoms with Crippen LogP contribution in [0.2, 0.25) is 10.0 Å². The lowest BCUT2D eigenvalue weighted by molar-refractivity contribution is -0.129. The molecule has 0 radical (unpaired) electrons. The molecule has 0 amide bonds. The van der Waals surface area contributed by atoms with Crippen LogP contribution in [-0.4, -0.2) is 19.0 Å². The fourth-order valence-electron chi connectivity index (χ4n) is 3.76. The van der Waals surface area contributed by atoms with E-state index in [0.717, 1.165) is 21.9 Å². The molecule has 1 heterocycles. The Morgan fingerprint density at radius 1 is 0.943 bits per heavy atom. The highest BCUT2D eigenvalue weighted by molar-refractivity contribution is 6.32. The fourth-order valence-corrected chi connectivity index (χ4v) is 4.24. The molecule has 4 aromatic carbocycles. The maximum atomic E-state index is 12.5. The molecule has 0 aromatic heterocycles. The number of ether oxygens (including phenoxy) is 3. The maximum absolute atomic E-state index is 12.5. The first-order valence-corrected chi connectivity index (χ1v) is 11.5. The summed E-state index contributed by atoms with van der Waals surface area (Å²) in [5.41, 5.74) is 2.41. The minimum Gasteiger partial charge on any atom is -0.493 e. The molecule has 0 aliphatic carbocycles. The number of hydrogen-bond acceptors (Lipinski definition) is 5. The Bertz CT molecular complexity index is 1510. The van der Waals surface area contributed by atoms with Gasteiger partial charge in [-0.25, -0.2) is 9.79 Å². The van der Waals surface area contributed by atoms with Crippen LogP contribution in [0.25, 0.3) is 16.8 Å². The monoisotopic (exact) mass is 503 g/mol. The van der Waals surface area contributed by atoms with Crippen molar-refractivity contribution in [1.29, 1.82) is 0 Å². The summed E-state index contributed by atoms with van der Waals surface area (Å²) in [5.74, 6) is 0.540. The van der Waals surface area contributed by atoms with Crippen molar-refractivity contribution in [2.75, 3.05) is 7.11 Å². The standard InChI is InChI=1S/C28H19Cl2NO4/c1-33-25-14-18(12-23(30)26(25)34-16-17-5-4-8-22(29)11-17)13-24-28(32)35-27(31-24)21-10-9-19-6-2-3-7-20(19)15-21/h2-15H,16H2,1H3/b24-13-. The van der Waals surface area contributed by atoms with E-state index < -0.39 is 5.97 Å². The third kappa shape index (κ3) is 5.02. The number of rotatable bonds is 6. The molecule has 4 aromatic rings. The number of cyclic esters (lactones) is 1. The van der Waals surface area contributed by atoms with Crippen molar-refractivity contribution in [1.82, 2.24) is 0 Å². The van der Waals surface area contributed by atoms with Gasteiger partial charge in [-0.1, -0.05) is 65.7 Å². The molecule has 0 unspecified atom stereocenters. The molecular weight excluding hydrogens is 485 g/mol. The van der Waals surface area contributed by atoms with E-state index in [-0.39, 0.29) is 18.2 Å². The van der Waals surface area contributed by atoms with E-state index in [4.69, 9.17) is 37.4 Å². The van der Waals surface area contributed by atoms with E-state index in [0.29, 0.717) is 27.1 Å². The van der Waals surface area contributed by atoms with Crippen LogP contribution >= 0.6 is 23.2 Å². The Kier molecular flexibility index (Phi) is 6.45. The van der Waals surface area contributed by atoms with E-state index in [1.165, 1.54) is 7.11 Å². The highest BCUT2D eigenvalue weighted by atomic mass is 35.5.